The fourth-order valence-electron chi connectivity index (χ4n) is 2.66. The Labute approximate surface area is 145 Å². The molecule has 0 radical (unpaired) electrons. The van der Waals surface area contributed by atoms with Gasteiger partial charge in [0, 0.05) is 23.5 Å². The molecule has 1 amide bonds. The van der Waals surface area contributed by atoms with Crippen molar-refractivity contribution in [1.29, 1.82) is 0 Å². The van der Waals surface area contributed by atoms with Gasteiger partial charge in [-0.2, -0.15) is 0 Å². The molecule has 3 rings (SSSR count). The standard InChI is InChI=1S/C18H13F3N2O3/c19-12-6-5-11(15(20)16(12)21)17(24)23-14(18(25)26)7-9-8-22-13-4-2-1-3-10(9)13/h1-6,8,14,22H,7H2,(H,23,24)(H,25,26). The van der Waals surface area contributed by atoms with E-state index >= 15 is 0 Å². The molecule has 1 atom stereocenters. The summed E-state index contributed by atoms with van der Waals surface area (Å²) in [6.07, 6.45) is 1.54. The van der Waals surface area contributed by atoms with Crippen molar-refractivity contribution < 1.29 is 27.9 Å². The lowest BCUT2D eigenvalue weighted by Crippen LogP contribution is -2.42. The summed E-state index contributed by atoms with van der Waals surface area (Å²) >= 11 is 0. The van der Waals surface area contributed by atoms with Crippen LogP contribution in [0, 0.1) is 17.5 Å². The molecule has 0 saturated carbocycles. The first-order chi connectivity index (χ1) is 12.4. The lowest BCUT2D eigenvalue weighted by Gasteiger charge is -2.15. The molecule has 0 spiro atoms. The highest BCUT2D eigenvalue weighted by Gasteiger charge is 2.25. The second-order valence-electron chi connectivity index (χ2n) is 5.65. The molecule has 26 heavy (non-hydrogen) atoms. The first-order valence-corrected chi connectivity index (χ1v) is 7.60. The molecule has 3 N–H and O–H groups in total. The largest absolute Gasteiger partial charge is 0.480 e. The van der Waals surface area contributed by atoms with Gasteiger partial charge in [-0.1, -0.05) is 18.2 Å². The van der Waals surface area contributed by atoms with E-state index in [1.807, 2.05) is 12.1 Å². The molecular formula is C18H13F3N2O3. The van der Waals surface area contributed by atoms with E-state index in [1.54, 1.807) is 18.3 Å². The molecular weight excluding hydrogens is 349 g/mol. The van der Waals surface area contributed by atoms with Crippen LogP contribution < -0.4 is 5.32 Å². The number of hydrogen-bond donors (Lipinski definition) is 3. The van der Waals surface area contributed by atoms with E-state index in [9.17, 15) is 27.9 Å². The Morgan fingerprint density at radius 2 is 1.81 bits per heavy atom. The van der Waals surface area contributed by atoms with Crippen molar-refractivity contribution in [2.75, 3.05) is 0 Å². The molecule has 1 aromatic heterocycles. The Kier molecular flexibility index (Phi) is 4.66. The smallest absolute Gasteiger partial charge is 0.326 e. The van der Waals surface area contributed by atoms with Crippen LogP contribution in [0.1, 0.15) is 15.9 Å². The van der Waals surface area contributed by atoms with Gasteiger partial charge < -0.3 is 15.4 Å². The predicted molar refractivity (Wildman–Crippen MR) is 87.2 cm³/mol. The van der Waals surface area contributed by atoms with Crippen molar-refractivity contribution in [3.05, 3.63) is 71.2 Å². The van der Waals surface area contributed by atoms with E-state index in [4.69, 9.17) is 0 Å². The van der Waals surface area contributed by atoms with Gasteiger partial charge in [-0.25, -0.2) is 18.0 Å². The maximum absolute atomic E-state index is 13.7. The maximum atomic E-state index is 13.7. The first-order valence-electron chi connectivity index (χ1n) is 7.60. The Morgan fingerprint density at radius 3 is 2.54 bits per heavy atom. The number of carbonyl (C=O) groups excluding carboxylic acids is 1. The molecule has 2 aromatic carbocycles. The number of benzene rings is 2. The van der Waals surface area contributed by atoms with Gasteiger partial charge in [0.25, 0.3) is 5.91 Å². The quantitative estimate of drug-likeness (QED) is 0.610. The molecule has 0 saturated heterocycles. The molecule has 5 nitrogen and oxygen atoms in total. The van der Waals surface area contributed by atoms with Gasteiger partial charge in [0.1, 0.15) is 6.04 Å². The van der Waals surface area contributed by atoms with Crippen LogP contribution in [0.4, 0.5) is 13.2 Å². The van der Waals surface area contributed by atoms with Crippen LogP contribution in [-0.2, 0) is 11.2 Å². The number of nitrogens with one attached hydrogen (secondary N) is 2. The minimum atomic E-state index is -1.79. The average molecular weight is 362 g/mol. The van der Waals surface area contributed by atoms with Gasteiger partial charge in [0.15, 0.2) is 17.5 Å². The number of amides is 1. The lowest BCUT2D eigenvalue weighted by molar-refractivity contribution is -0.139. The zero-order valence-electron chi connectivity index (χ0n) is 13.2. The molecule has 1 unspecified atom stereocenters. The number of aromatic nitrogens is 1. The average Bonchev–Trinajstić information content (AvgIpc) is 3.02. The van der Waals surface area contributed by atoms with E-state index < -0.39 is 40.9 Å². The number of aliphatic carboxylic acids is 1. The van der Waals surface area contributed by atoms with Crippen LogP contribution in [0.5, 0.6) is 0 Å². The summed E-state index contributed by atoms with van der Waals surface area (Å²) in [7, 11) is 0. The Morgan fingerprint density at radius 1 is 1.08 bits per heavy atom. The van der Waals surface area contributed by atoms with Crippen molar-refractivity contribution in [2.45, 2.75) is 12.5 Å². The maximum Gasteiger partial charge on any atom is 0.326 e. The highest BCUT2D eigenvalue weighted by molar-refractivity contribution is 5.97. The zero-order chi connectivity index (χ0) is 18.8. The van der Waals surface area contributed by atoms with Gasteiger partial charge in [-0.15, -0.1) is 0 Å². The van der Waals surface area contributed by atoms with Gasteiger partial charge in [0.2, 0.25) is 0 Å². The molecule has 134 valence electrons. The molecule has 3 aromatic rings. The third-order valence-electron chi connectivity index (χ3n) is 3.98. The van der Waals surface area contributed by atoms with Gasteiger partial charge in [0.05, 0.1) is 5.56 Å². The third-order valence-corrected chi connectivity index (χ3v) is 3.98. The first kappa shape index (κ1) is 17.5. The number of hydrogen-bond acceptors (Lipinski definition) is 2. The molecule has 0 bridgehead atoms. The van der Waals surface area contributed by atoms with E-state index in [1.165, 1.54) is 0 Å². The van der Waals surface area contributed by atoms with E-state index in [2.05, 4.69) is 10.3 Å². The van der Waals surface area contributed by atoms with E-state index in [0.717, 1.165) is 17.0 Å². The monoisotopic (exact) mass is 362 g/mol. The summed E-state index contributed by atoms with van der Waals surface area (Å²) in [5, 5.41) is 12.3. The Bertz CT molecular complexity index is 1000. The number of H-pyrrole nitrogens is 1. The molecule has 8 heteroatoms. The highest BCUT2D eigenvalue weighted by atomic mass is 19.2. The summed E-state index contributed by atoms with van der Waals surface area (Å²) in [5.74, 6) is -7.38. The minimum absolute atomic E-state index is 0.0730. The summed E-state index contributed by atoms with van der Waals surface area (Å²) in [6, 6.07) is 7.17. The SMILES string of the molecule is O=C(NC(Cc1c[nH]c2ccccc12)C(=O)O)c1ccc(F)c(F)c1F. The number of carboxylic acids is 1. The summed E-state index contributed by atoms with van der Waals surface area (Å²) in [6.45, 7) is 0. The van der Waals surface area contributed by atoms with Crippen LogP contribution in [0.2, 0.25) is 0 Å². The molecule has 1 heterocycles. The number of fused-ring (bicyclic) bond motifs is 1. The summed E-state index contributed by atoms with van der Waals surface area (Å²) in [4.78, 5) is 26.6. The van der Waals surface area contributed by atoms with Crippen molar-refractivity contribution in [2.24, 2.45) is 0 Å². The van der Waals surface area contributed by atoms with Crippen LogP contribution in [0.25, 0.3) is 10.9 Å². The fourth-order valence-corrected chi connectivity index (χ4v) is 2.66. The van der Waals surface area contributed by atoms with Crippen LogP contribution >= 0.6 is 0 Å². The second kappa shape index (κ2) is 6.91. The van der Waals surface area contributed by atoms with Crippen molar-refractivity contribution in [3.63, 3.8) is 0 Å². The summed E-state index contributed by atoms with van der Waals surface area (Å²) in [5.41, 5.74) is 0.665. The second-order valence-corrected chi connectivity index (χ2v) is 5.65. The van der Waals surface area contributed by atoms with Gasteiger partial charge in [-0.3, -0.25) is 4.79 Å². The topological polar surface area (TPSA) is 82.2 Å². The van der Waals surface area contributed by atoms with Crippen LogP contribution in [0.15, 0.2) is 42.6 Å². The molecule has 0 aliphatic heterocycles. The Balaban J connectivity index is 1.84. The van der Waals surface area contributed by atoms with Gasteiger partial charge in [-0.05, 0) is 23.8 Å². The van der Waals surface area contributed by atoms with Crippen molar-refractivity contribution in [3.8, 4) is 0 Å². The molecule has 0 aliphatic carbocycles. The molecule has 0 fully saturated rings. The number of halogens is 3. The number of rotatable bonds is 5. The van der Waals surface area contributed by atoms with E-state index in [-0.39, 0.29) is 6.42 Å². The third kappa shape index (κ3) is 3.26. The number of aromatic amines is 1. The van der Waals surface area contributed by atoms with Crippen molar-refractivity contribution >= 4 is 22.8 Å². The number of carbonyl (C=O) groups is 2. The number of para-hydroxylation sites is 1. The van der Waals surface area contributed by atoms with E-state index in [0.29, 0.717) is 11.6 Å². The zero-order valence-corrected chi connectivity index (χ0v) is 13.2. The molecule has 0 aliphatic rings. The lowest BCUT2D eigenvalue weighted by atomic mass is 10.0. The fraction of sp³-hybridized carbons (Fsp3) is 0.111. The highest BCUT2D eigenvalue weighted by Crippen LogP contribution is 2.20. The normalized spacial score (nSPS) is 12.1. The predicted octanol–water partition coefficient (Wildman–Crippen LogP) is 3.01. The van der Waals surface area contributed by atoms with Gasteiger partial charge >= 0.3 is 5.97 Å². The van der Waals surface area contributed by atoms with Crippen LogP contribution in [0.3, 0.4) is 0 Å². The van der Waals surface area contributed by atoms with Crippen LogP contribution in [-0.4, -0.2) is 28.0 Å². The Hall–Kier alpha value is -3.29. The minimum Gasteiger partial charge on any atom is -0.480 e. The van der Waals surface area contributed by atoms with Crippen molar-refractivity contribution in [1.82, 2.24) is 10.3 Å². The summed E-state index contributed by atoms with van der Waals surface area (Å²) < 4.78 is 40.0. The number of carboxylic acid groups (broad SMARTS) is 1.